The van der Waals surface area contributed by atoms with E-state index >= 15 is 0 Å². The van der Waals surface area contributed by atoms with Crippen LogP contribution in [-0.4, -0.2) is 28.2 Å². The molecule has 0 fully saturated rings. The Morgan fingerprint density at radius 2 is 2.19 bits per heavy atom. The van der Waals surface area contributed by atoms with Crippen molar-refractivity contribution in [2.45, 2.75) is 6.92 Å². The van der Waals surface area contributed by atoms with Crippen molar-refractivity contribution in [1.29, 1.82) is 0 Å². The van der Waals surface area contributed by atoms with Gasteiger partial charge in [0.15, 0.2) is 0 Å². The van der Waals surface area contributed by atoms with E-state index in [-0.39, 0.29) is 10.3 Å². The summed E-state index contributed by atoms with van der Waals surface area (Å²) in [5.74, 6) is 0.761. The van der Waals surface area contributed by atoms with Crippen LogP contribution in [-0.2, 0) is 0 Å². The number of para-hydroxylation sites is 1. The molecule has 0 unspecified atom stereocenters. The fraction of sp³-hybridized carbons (Fsp3) is 0.143. The fourth-order valence-electron chi connectivity index (χ4n) is 1.63. The zero-order valence-corrected chi connectivity index (χ0v) is 12.4. The zero-order chi connectivity index (χ0) is 15.2. The van der Waals surface area contributed by atoms with Crippen LogP contribution >= 0.6 is 12.2 Å². The van der Waals surface area contributed by atoms with Gasteiger partial charge in [0, 0.05) is 11.8 Å². The SMILES string of the molecule is COc1ccccc1/C=C/C=N/n1c(=S)[nH]nc(C)c1=O. The summed E-state index contributed by atoms with van der Waals surface area (Å²) in [7, 11) is 1.61. The van der Waals surface area contributed by atoms with Gasteiger partial charge in [0.1, 0.15) is 11.4 Å². The van der Waals surface area contributed by atoms with E-state index in [0.717, 1.165) is 16.0 Å². The summed E-state index contributed by atoms with van der Waals surface area (Å²) in [6.45, 7) is 1.59. The second-order valence-electron chi connectivity index (χ2n) is 4.10. The lowest BCUT2D eigenvalue weighted by atomic mass is 10.2. The number of ether oxygens (including phenoxy) is 1. The predicted molar refractivity (Wildman–Crippen MR) is 84.3 cm³/mol. The molecule has 108 valence electrons. The van der Waals surface area contributed by atoms with E-state index < -0.39 is 0 Å². The van der Waals surface area contributed by atoms with Gasteiger partial charge in [-0.25, -0.2) is 0 Å². The van der Waals surface area contributed by atoms with E-state index in [2.05, 4.69) is 15.3 Å². The summed E-state index contributed by atoms with van der Waals surface area (Å²) < 4.78 is 6.47. The van der Waals surface area contributed by atoms with Crippen LogP contribution in [0.3, 0.4) is 0 Å². The fourth-order valence-corrected chi connectivity index (χ4v) is 1.81. The number of aromatic amines is 1. The van der Waals surface area contributed by atoms with Crippen LogP contribution in [0.15, 0.2) is 40.2 Å². The number of aryl methyl sites for hydroxylation is 1. The van der Waals surface area contributed by atoms with Crippen LogP contribution in [0.2, 0.25) is 0 Å². The molecule has 1 N–H and O–H groups in total. The molecule has 0 spiro atoms. The first-order chi connectivity index (χ1) is 10.1. The average Bonchev–Trinajstić information content (AvgIpc) is 2.50. The van der Waals surface area contributed by atoms with E-state index in [1.807, 2.05) is 30.3 Å². The van der Waals surface area contributed by atoms with Crippen molar-refractivity contribution in [1.82, 2.24) is 14.9 Å². The first-order valence-electron chi connectivity index (χ1n) is 6.16. The highest BCUT2D eigenvalue weighted by atomic mass is 32.1. The number of nitrogens with zero attached hydrogens (tertiary/aromatic N) is 3. The van der Waals surface area contributed by atoms with Crippen molar-refractivity contribution in [3.63, 3.8) is 0 Å². The number of H-pyrrole nitrogens is 1. The van der Waals surface area contributed by atoms with Gasteiger partial charge >= 0.3 is 0 Å². The molecule has 0 radical (unpaired) electrons. The molecule has 0 aliphatic carbocycles. The number of aromatic nitrogens is 3. The molecule has 1 aromatic heterocycles. The highest BCUT2D eigenvalue weighted by Gasteiger charge is 2.00. The minimum atomic E-state index is -0.347. The van der Waals surface area contributed by atoms with E-state index in [0.29, 0.717) is 5.69 Å². The molecule has 0 aliphatic heterocycles. The minimum Gasteiger partial charge on any atom is -0.496 e. The monoisotopic (exact) mass is 302 g/mol. The van der Waals surface area contributed by atoms with E-state index in [9.17, 15) is 4.79 Å². The van der Waals surface area contributed by atoms with Gasteiger partial charge in [-0.3, -0.25) is 9.89 Å². The molecule has 2 aromatic rings. The Balaban J connectivity index is 2.24. The van der Waals surface area contributed by atoms with Crippen LogP contribution in [0.4, 0.5) is 0 Å². The first kappa shape index (κ1) is 14.9. The molecule has 1 aromatic carbocycles. The summed E-state index contributed by atoms with van der Waals surface area (Å²) >= 11 is 4.97. The number of allylic oxidation sites excluding steroid dienone is 1. The van der Waals surface area contributed by atoms with Gasteiger partial charge in [-0.2, -0.15) is 14.9 Å². The molecular formula is C14H14N4O2S. The zero-order valence-electron chi connectivity index (χ0n) is 11.6. The largest absolute Gasteiger partial charge is 0.496 e. The van der Waals surface area contributed by atoms with E-state index in [1.54, 1.807) is 20.1 Å². The Hall–Kier alpha value is -2.54. The van der Waals surface area contributed by atoms with Gasteiger partial charge in [0.2, 0.25) is 4.77 Å². The molecule has 0 saturated carbocycles. The van der Waals surface area contributed by atoms with Crippen molar-refractivity contribution in [2.75, 3.05) is 7.11 Å². The molecule has 7 heteroatoms. The number of hydrogen-bond acceptors (Lipinski definition) is 5. The molecule has 0 bridgehead atoms. The summed E-state index contributed by atoms with van der Waals surface area (Å²) in [5, 5.41) is 10.3. The molecule has 1 heterocycles. The number of benzene rings is 1. The maximum absolute atomic E-state index is 11.8. The topological polar surface area (TPSA) is 72.3 Å². The van der Waals surface area contributed by atoms with Crippen molar-refractivity contribution in [3.05, 3.63) is 56.7 Å². The smallest absolute Gasteiger partial charge is 0.296 e. The normalized spacial score (nSPS) is 11.3. The number of methoxy groups -OCH3 is 1. The van der Waals surface area contributed by atoms with E-state index in [4.69, 9.17) is 17.0 Å². The van der Waals surface area contributed by atoms with Gasteiger partial charge in [0.05, 0.1) is 7.11 Å². The lowest BCUT2D eigenvalue weighted by Gasteiger charge is -2.02. The van der Waals surface area contributed by atoms with Crippen molar-refractivity contribution >= 4 is 24.5 Å². The Morgan fingerprint density at radius 1 is 1.43 bits per heavy atom. The standard InChI is InChI=1S/C14H14N4O2S/c1-10-13(19)18(14(21)17-16-10)15-9-5-7-11-6-3-4-8-12(11)20-2/h3-9H,1-2H3,(H,17,21)/b7-5+,15-9+. The minimum absolute atomic E-state index is 0.146. The van der Waals surface area contributed by atoms with Crippen molar-refractivity contribution in [2.24, 2.45) is 5.10 Å². The number of nitrogens with one attached hydrogen (secondary N) is 1. The summed E-state index contributed by atoms with van der Waals surface area (Å²) in [4.78, 5) is 11.8. The number of rotatable bonds is 4. The average molecular weight is 302 g/mol. The second-order valence-corrected chi connectivity index (χ2v) is 4.48. The third kappa shape index (κ3) is 3.51. The van der Waals surface area contributed by atoms with Crippen LogP contribution in [0, 0.1) is 11.7 Å². The lowest BCUT2D eigenvalue weighted by Crippen LogP contribution is -2.22. The molecule has 0 aliphatic rings. The van der Waals surface area contributed by atoms with Crippen LogP contribution in [0.25, 0.3) is 6.08 Å². The summed E-state index contributed by atoms with van der Waals surface area (Å²) in [6, 6.07) is 7.58. The Bertz CT molecular complexity index is 805. The van der Waals surface area contributed by atoms with Gasteiger partial charge in [0.25, 0.3) is 5.56 Å². The van der Waals surface area contributed by atoms with Gasteiger partial charge < -0.3 is 4.74 Å². The molecule has 21 heavy (non-hydrogen) atoms. The molecule has 0 saturated heterocycles. The summed E-state index contributed by atoms with van der Waals surface area (Å²) in [5.41, 5.74) is 0.866. The third-order valence-corrected chi connectivity index (χ3v) is 2.96. The Morgan fingerprint density at radius 3 is 2.95 bits per heavy atom. The molecular weight excluding hydrogens is 288 g/mol. The Labute approximate surface area is 126 Å². The van der Waals surface area contributed by atoms with Crippen LogP contribution < -0.4 is 10.3 Å². The maximum atomic E-state index is 11.8. The van der Waals surface area contributed by atoms with Crippen molar-refractivity contribution in [3.8, 4) is 5.75 Å². The highest BCUT2D eigenvalue weighted by molar-refractivity contribution is 7.71. The highest BCUT2D eigenvalue weighted by Crippen LogP contribution is 2.18. The van der Waals surface area contributed by atoms with E-state index in [1.165, 1.54) is 6.21 Å². The second kappa shape index (κ2) is 6.76. The molecule has 6 nitrogen and oxygen atoms in total. The third-order valence-electron chi connectivity index (χ3n) is 2.70. The maximum Gasteiger partial charge on any atom is 0.296 e. The van der Waals surface area contributed by atoms with Gasteiger partial charge in [-0.1, -0.05) is 18.2 Å². The Kier molecular flexibility index (Phi) is 4.78. The predicted octanol–water partition coefficient (Wildman–Crippen LogP) is 2.17. The van der Waals surface area contributed by atoms with Crippen LogP contribution in [0.1, 0.15) is 11.3 Å². The molecule has 0 amide bonds. The van der Waals surface area contributed by atoms with Crippen molar-refractivity contribution < 1.29 is 4.74 Å². The number of hydrogen-bond donors (Lipinski definition) is 1. The lowest BCUT2D eigenvalue weighted by molar-refractivity contribution is 0.414. The first-order valence-corrected chi connectivity index (χ1v) is 6.56. The summed E-state index contributed by atoms with van der Waals surface area (Å²) in [6.07, 6.45) is 5.01. The van der Waals surface area contributed by atoms with Crippen LogP contribution in [0.5, 0.6) is 5.75 Å². The van der Waals surface area contributed by atoms with Gasteiger partial charge in [-0.15, -0.1) is 0 Å². The van der Waals surface area contributed by atoms with Gasteiger partial charge in [-0.05, 0) is 37.4 Å². The quantitative estimate of drug-likeness (QED) is 0.694. The molecule has 0 atom stereocenters. The molecule has 2 rings (SSSR count).